The van der Waals surface area contributed by atoms with E-state index in [4.69, 9.17) is 19.7 Å². The third kappa shape index (κ3) is 4.71. The van der Waals surface area contributed by atoms with Gasteiger partial charge in [0.15, 0.2) is 11.4 Å². The third-order valence-electron chi connectivity index (χ3n) is 11.8. The number of ketones is 2. The summed E-state index contributed by atoms with van der Waals surface area (Å²) < 4.78 is 18.0. The predicted octanol–water partition coefficient (Wildman–Crippen LogP) is 4.93. The maximum atomic E-state index is 14.7. The molecule has 9 rings (SSSR count). The summed E-state index contributed by atoms with van der Waals surface area (Å²) in [6.07, 6.45) is 1.66. The molecule has 1 saturated carbocycles. The van der Waals surface area contributed by atoms with Gasteiger partial charge in [-0.25, -0.2) is 0 Å². The van der Waals surface area contributed by atoms with E-state index in [0.717, 1.165) is 47.5 Å². The van der Waals surface area contributed by atoms with Gasteiger partial charge >= 0.3 is 0 Å². The van der Waals surface area contributed by atoms with E-state index < -0.39 is 35.0 Å². The Morgan fingerprint density at radius 1 is 0.980 bits per heavy atom. The molecule has 4 aromatic rings. The molecule has 11 nitrogen and oxygen atoms in total. The summed E-state index contributed by atoms with van der Waals surface area (Å²) >= 11 is 0. The number of nitrogens with two attached hydrogens (primary N) is 1. The summed E-state index contributed by atoms with van der Waals surface area (Å²) in [5, 5.41) is 28.5. The molecule has 2 unspecified atom stereocenters. The Balaban J connectivity index is 1.15. The van der Waals surface area contributed by atoms with Crippen molar-refractivity contribution in [3.63, 3.8) is 0 Å². The van der Waals surface area contributed by atoms with Crippen LogP contribution in [0.4, 0.5) is 5.69 Å². The number of carbonyl (C=O) groups is 2. The number of rotatable bonds is 6. The average molecular weight is 689 g/mol. The highest BCUT2D eigenvalue weighted by Gasteiger charge is 2.64. The molecule has 6 atom stereocenters. The van der Waals surface area contributed by atoms with E-state index in [1.54, 1.807) is 0 Å². The first kappa shape index (κ1) is 32.0. The first-order valence-electron chi connectivity index (χ1n) is 17.6. The smallest absolute Gasteiger partial charge is 0.265 e. The van der Waals surface area contributed by atoms with Crippen LogP contribution in [0.3, 0.4) is 0 Å². The highest BCUT2D eigenvalue weighted by atomic mass is 16.5. The van der Waals surface area contributed by atoms with Crippen LogP contribution in [0.1, 0.15) is 68.9 Å². The van der Waals surface area contributed by atoms with Crippen molar-refractivity contribution in [3.8, 4) is 11.6 Å². The van der Waals surface area contributed by atoms with E-state index >= 15 is 0 Å². The highest BCUT2D eigenvalue weighted by molar-refractivity contribution is 6.26. The van der Waals surface area contributed by atoms with Crippen LogP contribution in [0.15, 0.2) is 76.8 Å². The number of hydrogen-bond donors (Lipinski definition) is 3. The lowest BCUT2D eigenvalue weighted by atomic mass is 9.57. The molecular formula is C40H40N4O7. The number of ether oxygens (including phenoxy) is 2. The molecule has 0 amide bonds. The van der Waals surface area contributed by atoms with Crippen molar-refractivity contribution >= 4 is 23.0 Å². The molecule has 0 bridgehead atoms. The molecule has 262 valence electrons. The van der Waals surface area contributed by atoms with Crippen molar-refractivity contribution in [3.05, 3.63) is 111 Å². The zero-order valence-electron chi connectivity index (χ0n) is 28.5. The monoisotopic (exact) mass is 688 g/mol. The molecule has 0 spiro atoms. The zero-order valence-corrected chi connectivity index (χ0v) is 28.5. The number of Topliss-reactive ketones (excluding diaryl/α,β-unsaturated/α-hetero) is 2. The van der Waals surface area contributed by atoms with Crippen LogP contribution < -0.4 is 20.1 Å². The topological polar surface area (TPSA) is 152 Å². The van der Waals surface area contributed by atoms with Gasteiger partial charge in [-0.15, -0.1) is 0 Å². The zero-order chi connectivity index (χ0) is 35.2. The Morgan fingerprint density at radius 2 is 1.67 bits per heavy atom. The number of anilines is 1. The van der Waals surface area contributed by atoms with Crippen molar-refractivity contribution in [2.45, 2.75) is 50.2 Å². The van der Waals surface area contributed by atoms with Crippen molar-refractivity contribution in [1.82, 2.24) is 10.1 Å². The van der Waals surface area contributed by atoms with Crippen LogP contribution in [-0.4, -0.2) is 64.6 Å². The SMILES string of the molecule is CN1CC2CCN(C)C2c2cc(OCc3ccccc3)c3c(c21)C[C@H]1C[C@H]2[C@H](N)c4onc(OCc5ccccc5)c4C(=O)[C@@]2(O)C(=O)C1=C3O. The number of likely N-dealkylation sites (tertiary alicyclic amines) is 1. The number of benzene rings is 3. The Labute approximate surface area is 295 Å². The Bertz CT molecular complexity index is 2100. The molecule has 2 aliphatic heterocycles. The van der Waals surface area contributed by atoms with Crippen LogP contribution in [0.2, 0.25) is 0 Å². The van der Waals surface area contributed by atoms with Crippen LogP contribution in [0, 0.1) is 17.8 Å². The lowest BCUT2D eigenvalue weighted by Gasteiger charge is -2.48. The number of fused-ring (bicyclic) bond motifs is 8. The molecule has 3 aliphatic carbocycles. The second-order valence-corrected chi connectivity index (χ2v) is 14.8. The first-order chi connectivity index (χ1) is 24.7. The lowest BCUT2D eigenvalue weighted by Crippen LogP contribution is -2.63. The van der Waals surface area contributed by atoms with Crippen LogP contribution >= 0.6 is 0 Å². The van der Waals surface area contributed by atoms with Crippen LogP contribution in [0.5, 0.6) is 11.6 Å². The van der Waals surface area contributed by atoms with E-state index in [-0.39, 0.29) is 54.2 Å². The number of nitrogens with zero attached hydrogens (tertiary/aromatic N) is 3. The van der Waals surface area contributed by atoms with E-state index in [1.807, 2.05) is 66.7 Å². The molecule has 51 heavy (non-hydrogen) atoms. The minimum Gasteiger partial charge on any atom is -0.507 e. The number of aliphatic hydroxyl groups is 2. The normalized spacial score (nSPS) is 28.0. The van der Waals surface area contributed by atoms with Gasteiger partial charge in [0.2, 0.25) is 11.6 Å². The molecule has 0 radical (unpaired) electrons. The van der Waals surface area contributed by atoms with Crippen LogP contribution in [0.25, 0.3) is 5.76 Å². The van der Waals surface area contributed by atoms with E-state index in [9.17, 15) is 19.8 Å². The summed E-state index contributed by atoms with van der Waals surface area (Å²) in [5.74, 6) is -2.65. The Hall–Kier alpha value is -4.97. The standard InChI is InChI=1S/C40H40N4O7/c1-43-14-13-23-18-44(2)34-25-15-24-16-27-32(41)36-31(39(42-51-36)50-20-22-11-7-4-8-12-22)38(47)40(27,48)37(46)29(24)35(45)30(25)28(17-26(34)33(23)43)49-19-21-9-5-3-6-10-21/h3-12,17,23-24,27,32-33,45,48H,13-16,18-20,41H2,1-2H3/t23?,24-,27-,32-,33?,40-/m0/s1. The van der Waals surface area contributed by atoms with Gasteiger partial charge in [-0.05, 0) is 78.2 Å². The number of hydrogen-bond acceptors (Lipinski definition) is 11. The summed E-state index contributed by atoms with van der Waals surface area (Å²) in [7, 11) is 4.23. The summed E-state index contributed by atoms with van der Waals surface area (Å²) in [6, 6.07) is 20.3. The second kappa shape index (κ2) is 11.8. The van der Waals surface area contributed by atoms with Gasteiger partial charge in [-0.1, -0.05) is 60.7 Å². The highest BCUT2D eigenvalue weighted by Crippen LogP contribution is 2.57. The molecular weight excluding hydrogens is 648 g/mol. The first-order valence-corrected chi connectivity index (χ1v) is 17.6. The lowest BCUT2D eigenvalue weighted by molar-refractivity contribution is -0.140. The summed E-state index contributed by atoms with van der Waals surface area (Å²) in [5.41, 5.74) is 9.38. The molecule has 1 saturated heterocycles. The molecule has 4 N–H and O–H groups in total. The fourth-order valence-corrected chi connectivity index (χ4v) is 9.48. The van der Waals surface area contributed by atoms with E-state index in [1.165, 1.54) is 0 Å². The maximum absolute atomic E-state index is 14.7. The summed E-state index contributed by atoms with van der Waals surface area (Å²) in [6.45, 7) is 2.20. The molecule has 1 aromatic heterocycles. The van der Waals surface area contributed by atoms with Gasteiger partial charge in [0.1, 0.15) is 30.3 Å². The van der Waals surface area contributed by atoms with Gasteiger partial charge in [-0.3, -0.25) is 14.5 Å². The second-order valence-electron chi connectivity index (χ2n) is 14.8. The van der Waals surface area contributed by atoms with E-state index in [0.29, 0.717) is 23.7 Å². The molecule has 3 aromatic carbocycles. The minimum absolute atomic E-state index is 0.0206. The van der Waals surface area contributed by atoms with E-state index in [2.05, 4.69) is 29.1 Å². The maximum Gasteiger partial charge on any atom is 0.265 e. The molecule has 3 heterocycles. The summed E-state index contributed by atoms with van der Waals surface area (Å²) in [4.78, 5) is 33.6. The Morgan fingerprint density at radius 3 is 2.37 bits per heavy atom. The number of aliphatic hydroxyl groups excluding tert-OH is 1. The average Bonchev–Trinajstić information content (AvgIpc) is 3.74. The van der Waals surface area contributed by atoms with Crippen molar-refractivity contribution in [2.24, 2.45) is 23.5 Å². The minimum atomic E-state index is -2.55. The van der Waals surface area contributed by atoms with Crippen molar-refractivity contribution in [2.75, 3.05) is 32.1 Å². The predicted molar refractivity (Wildman–Crippen MR) is 187 cm³/mol. The molecule has 2 fully saturated rings. The van der Waals surface area contributed by atoms with Gasteiger partial charge in [-0.2, -0.15) is 0 Å². The largest absolute Gasteiger partial charge is 0.507 e. The Kier molecular flexibility index (Phi) is 7.39. The third-order valence-corrected chi connectivity index (χ3v) is 11.8. The number of aromatic nitrogens is 1. The van der Waals surface area contributed by atoms with Crippen molar-refractivity contribution in [1.29, 1.82) is 0 Å². The van der Waals surface area contributed by atoms with Crippen molar-refractivity contribution < 1.29 is 33.8 Å². The van der Waals surface area contributed by atoms with Crippen LogP contribution in [-0.2, 0) is 24.4 Å². The number of carbonyl (C=O) groups excluding carboxylic acids is 2. The van der Waals surface area contributed by atoms with Gasteiger partial charge in [0, 0.05) is 36.8 Å². The van der Waals surface area contributed by atoms with Gasteiger partial charge in [0.25, 0.3) is 5.88 Å². The van der Waals surface area contributed by atoms with Gasteiger partial charge < -0.3 is 34.8 Å². The van der Waals surface area contributed by atoms with Gasteiger partial charge in [0.05, 0.1) is 11.6 Å². The molecule has 5 aliphatic rings. The quantitative estimate of drug-likeness (QED) is 0.237. The fourth-order valence-electron chi connectivity index (χ4n) is 9.48. The fraction of sp³-hybridized carbons (Fsp3) is 0.375. The molecule has 11 heteroatoms.